The van der Waals surface area contributed by atoms with Gasteiger partial charge in [0, 0.05) is 13.0 Å². The zero-order chi connectivity index (χ0) is 14.3. The van der Waals surface area contributed by atoms with Crippen LogP contribution in [0.4, 0.5) is 0 Å². The van der Waals surface area contributed by atoms with Crippen molar-refractivity contribution in [3.63, 3.8) is 0 Å². The molecule has 0 spiro atoms. The molecule has 0 saturated carbocycles. The van der Waals surface area contributed by atoms with Crippen molar-refractivity contribution in [1.82, 2.24) is 10.3 Å². The van der Waals surface area contributed by atoms with E-state index in [0.717, 1.165) is 23.5 Å². The molecule has 1 heterocycles. The molecule has 0 aliphatic rings. The molecule has 2 N–H and O–H groups in total. The number of rotatable bonds is 8. The molecule has 1 rings (SSSR count). The quantitative estimate of drug-likeness (QED) is 0.718. The van der Waals surface area contributed by atoms with Crippen molar-refractivity contribution in [2.24, 2.45) is 0 Å². The maximum Gasteiger partial charge on any atom is 0.303 e. The number of carbonyl (C=O) groups is 2. The highest BCUT2D eigenvalue weighted by Crippen LogP contribution is 2.19. The first-order chi connectivity index (χ1) is 9.04. The molecule has 1 amide bonds. The van der Waals surface area contributed by atoms with E-state index in [1.807, 2.05) is 6.92 Å². The van der Waals surface area contributed by atoms with Gasteiger partial charge in [-0.15, -0.1) is 11.3 Å². The van der Waals surface area contributed by atoms with Crippen molar-refractivity contribution in [3.05, 3.63) is 15.6 Å². The van der Waals surface area contributed by atoms with Crippen LogP contribution in [0.5, 0.6) is 0 Å². The molecule has 0 radical (unpaired) electrons. The maximum atomic E-state index is 11.9. The van der Waals surface area contributed by atoms with Crippen molar-refractivity contribution < 1.29 is 14.7 Å². The highest BCUT2D eigenvalue weighted by molar-refractivity contribution is 7.13. The zero-order valence-corrected chi connectivity index (χ0v) is 12.2. The molecule has 1 aromatic rings. The van der Waals surface area contributed by atoms with E-state index < -0.39 is 5.97 Å². The normalized spacial score (nSPS) is 10.4. The molecule has 6 heteroatoms. The molecule has 0 atom stereocenters. The van der Waals surface area contributed by atoms with Crippen molar-refractivity contribution in [2.75, 3.05) is 6.54 Å². The van der Waals surface area contributed by atoms with Crippen LogP contribution < -0.4 is 5.32 Å². The van der Waals surface area contributed by atoms with Crippen LogP contribution in [-0.2, 0) is 11.2 Å². The maximum absolute atomic E-state index is 11.9. The lowest BCUT2D eigenvalue weighted by Gasteiger charge is -2.02. The van der Waals surface area contributed by atoms with Gasteiger partial charge in [-0.25, -0.2) is 4.98 Å². The Hall–Kier alpha value is -1.43. The summed E-state index contributed by atoms with van der Waals surface area (Å²) in [6.45, 7) is 4.43. The second-order valence-electron chi connectivity index (χ2n) is 4.38. The minimum Gasteiger partial charge on any atom is -0.481 e. The van der Waals surface area contributed by atoms with Crippen LogP contribution in [0.15, 0.2) is 0 Å². The van der Waals surface area contributed by atoms with Gasteiger partial charge in [0.25, 0.3) is 5.91 Å². The summed E-state index contributed by atoms with van der Waals surface area (Å²) in [5.41, 5.74) is 0.775. The highest BCUT2D eigenvalue weighted by Gasteiger charge is 2.14. The van der Waals surface area contributed by atoms with Gasteiger partial charge in [0.05, 0.1) is 10.7 Å². The topological polar surface area (TPSA) is 79.3 Å². The number of nitrogens with one attached hydrogen (secondary N) is 1. The molecular formula is C13H20N2O3S. The predicted molar refractivity (Wildman–Crippen MR) is 74.7 cm³/mol. The summed E-state index contributed by atoms with van der Waals surface area (Å²) in [7, 11) is 0. The SMILES string of the molecule is CCCc1nc(C)c(C(=O)NCCCCC(=O)O)s1. The van der Waals surface area contributed by atoms with Crippen LogP contribution in [0, 0.1) is 6.92 Å². The summed E-state index contributed by atoms with van der Waals surface area (Å²) in [6, 6.07) is 0. The van der Waals surface area contributed by atoms with E-state index in [-0.39, 0.29) is 12.3 Å². The third kappa shape index (κ3) is 5.38. The monoisotopic (exact) mass is 284 g/mol. The first-order valence-corrected chi connectivity index (χ1v) is 7.32. The average Bonchev–Trinajstić information content (AvgIpc) is 2.70. The molecule has 5 nitrogen and oxygen atoms in total. The van der Waals surface area contributed by atoms with Crippen LogP contribution in [0.1, 0.15) is 53.0 Å². The van der Waals surface area contributed by atoms with Gasteiger partial charge in [0.15, 0.2) is 0 Å². The van der Waals surface area contributed by atoms with Crippen molar-refractivity contribution in [2.45, 2.75) is 46.0 Å². The van der Waals surface area contributed by atoms with Gasteiger partial charge in [0.2, 0.25) is 0 Å². The summed E-state index contributed by atoms with van der Waals surface area (Å²) < 4.78 is 0. The van der Waals surface area contributed by atoms with E-state index >= 15 is 0 Å². The number of carboxylic acid groups (broad SMARTS) is 1. The van der Waals surface area contributed by atoms with Gasteiger partial charge < -0.3 is 10.4 Å². The number of hydrogen-bond acceptors (Lipinski definition) is 4. The molecule has 0 aliphatic carbocycles. The van der Waals surface area contributed by atoms with E-state index in [2.05, 4.69) is 17.2 Å². The number of carboxylic acids is 1. The second-order valence-corrected chi connectivity index (χ2v) is 5.46. The van der Waals surface area contributed by atoms with Crippen LogP contribution in [0.3, 0.4) is 0 Å². The number of aliphatic carboxylic acids is 1. The lowest BCUT2D eigenvalue weighted by Crippen LogP contribution is -2.24. The van der Waals surface area contributed by atoms with Crippen LogP contribution in [0.2, 0.25) is 0 Å². The minimum atomic E-state index is -0.797. The number of nitrogens with zero attached hydrogens (tertiary/aromatic N) is 1. The van der Waals surface area contributed by atoms with Gasteiger partial charge in [0.1, 0.15) is 4.88 Å². The fraction of sp³-hybridized carbons (Fsp3) is 0.615. The van der Waals surface area contributed by atoms with E-state index in [1.54, 1.807) is 0 Å². The molecule has 0 unspecified atom stereocenters. The third-order valence-electron chi connectivity index (χ3n) is 2.61. The van der Waals surface area contributed by atoms with Gasteiger partial charge >= 0.3 is 5.97 Å². The molecule has 106 valence electrons. The molecule has 0 aliphatic heterocycles. The second kappa shape index (κ2) is 7.89. The first-order valence-electron chi connectivity index (χ1n) is 6.51. The number of aromatic nitrogens is 1. The number of hydrogen-bond donors (Lipinski definition) is 2. The Morgan fingerprint density at radius 3 is 2.74 bits per heavy atom. The Morgan fingerprint density at radius 2 is 2.11 bits per heavy atom. The summed E-state index contributed by atoms with van der Waals surface area (Å²) in [5.74, 6) is -0.901. The lowest BCUT2D eigenvalue weighted by atomic mass is 10.2. The van der Waals surface area contributed by atoms with Gasteiger partial charge in [-0.2, -0.15) is 0 Å². The molecule has 0 fully saturated rings. The molecule has 19 heavy (non-hydrogen) atoms. The molecule has 0 saturated heterocycles. The minimum absolute atomic E-state index is 0.104. The molecular weight excluding hydrogens is 264 g/mol. The Kier molecular flexibility index (Phi) is 6.49. The summed E-state index contributed by atoms with van der Waals surface area (Å²) in [6.07, 6.45) is 3.33. The number of carbonyl (C=O) groups excluding carboxylic acids is 1. The molecule has 1 aromatic heterocycles. The van der Waals surface area contributed by atoms with Gasteiger partial charge in [-0.1, -0.05) is 6.92 Å². The predicted octanol–water partition coefficient (Wildman–Crippen LogP) is 2.39. The summed E-state index contributed by atoms with van der Waals surface area (Å²) in [5, 5.41) is 12.3. The Morgan fingerprint density at radius 1 is 1.37 bits per heavy atom. The van der Waals surface area contributed by atoms with Crippen molar-refractivity contribution in [1.29, 1.82) is 0 Å². The average molecular weight is 284 g/mol. The number of amides is 1. The molecule has 0 bridgehead atoms. The van der Waals surface area contributed by atoms with E-state index in [0.29, 0.717) is 24.3 Å². The third-order valence-corrected chi connectivity index (χ3v) is 3.83. The first kappa shape index (κ1) is 15.6. The number of thiazole rings is 1. The Labute approximate surface area is 117 Å². The van der Waals surface area contributed by atoms with Gasteiger partial charge in [-0.05, 0) is 32.6 Å². The zero-order valence-electron chi connectivity index (χ0n) is 11.4. The summed E-state index contributed by atoms with van der Waals surface area (Å²) >= 11 is 1.44. The van der Waals surface area contributed by atoms with E-state index in [9.17, 15) is 9.59 Å². The summed E-state index contributed by atoms with van der Waals surface area (Å²) in [4.78, 5) is 27.3. The Balaban J connectivity index is 2.38. The van der Waals surface area contributed by atoms with Crippen LogP contribution in [0.25, 0.3) is 0 Å². The number of unbranched alkanes of at least 4 members (excludes halogenated alkanes) is 1. The smallest absolute Gasteiger partial charge is 0.303 e. The number of aryl methyl sites for hydroxylation is 2. The van der Waals surface area contributed by atoms with Crippen molar-refractivity contribution in [3.8, 4) is 0 Å². The Bertz CT molecular complexity index is 443. The van der Waals surface area contributed by atoms with Crippen LogP contribution >= 0.6 is 11.3 Å². The highest BCUT2D eigenvalue weighted by atomic mass is 32.1. The lowest BCUT2D eigenvalue weighted by molar-refractivity contribution is -0.137. The van der Waals surface area contributed by atoms with E-state index in [1.165, 1.54) is 11.3 Å². The fourth-order valence-corrected chi connectivity index (χ4v) is 2.75. The van der Waals surface area contributed by atoms with E-state index in [4.69, 9.17) is 5.11 Å². The largest absolute Gasteiger partial charge is 0.481 e. The standard InChI is InChI=1S/C13H20N2O3S/c1-3-6-10-15-9(2)12(19-10)13(18)14-8-5-4-7-11(16)17/h3-8H2,1-2H3,(H,14,18)(H,16,17). The van der Waals surface area contributed by atoms with Gasteiger partial charge in [-0.3, -0.25) is 9.59 Å². The molecule has 0 aromatic carbocycles. The fourth-order valence-electron chi connectivity index (χ4n) is 1.67. The van der Waals surface area contributed by atoms with Crippen LogP contribution in [-0.4, -0.2) is 28.5 Å². The van der Waals surface area contributed by atoms with Crippen molar-refractivity contribution >= 4 is 23.2 Å².